The van der Waals surface area contributed by atoms with E-state index in [-0.39, 0.29) is 5.38 Å². The average molecular weight is 303 g/mol. The monoisotopic (exact) mass is 302 g/mol. The molecule has 0 nitrogen and oxygen atoms in total. The predicted octanol–water partition coefficient (Wildman–Crippen LogP) is 6.11. The summed E-state index contributed by atoms with van der Waals surface area (Å²) in [5.41, 5.74) is 6.03. The van der Waals surface area contributed by atoms with Crippen LogP contribution in [0, 0.1) is 43.9 Å². The summed E-state index contributed by atoms with van der Waals surface area (Å²) in [6, 6.07) is 4.64. The average Bonchev–Trinajstić information content (AvgIpc) is 2.35. The molecule has 1 unspecified atom stereocenters. The maximum Gasteiger partial charge on any atom is 0.0646 e. The highest BCUT2D eigenvalue weighted by Gasteiger charge is 2.54. The normalized spacial score (nSPS) is 38.8. The molecule has 0 amide bonds. The molecule has 21 heavy (non-hydrogen) atoms. The van der Waals surface area contributed by atoms with Crippen molar-refractivity contribution in [3.63, 3.8) is 0 Å². The fourth-order valence-corrected chi connectivity index (χ4v) is 7.00. The molecule has 0 saturated heterocycles. The molecule has 5 rings (SSSR count). The molecule has 1 heteroatoms. The van der Waals surface area contributed by atoms with Gasteiger partial charge in [-0.25, -0.2) is 0 Å². The Hall–Kier alpha value is -0.490. The summed E-state index contributed by atoms with van der Waals surface area (Å²) < 4.78 is 0. The van der Waals surface area contributed by atoms with Gasteiger partial charge >= 0.3 is 0 Å². The van der Waals surface area contributed by atoms with Gasteiger partial charge in [-0.2, -0.15) is 0 Å². The molecular formula is C20H27Cl. The van der Waals surface area contributed by atoms with E-state index < -0.39 is 0 Å². The van der Waals surface area contributed by atoms with E-state index in [9.17, 15) is 0 Å². The predicted molar refractivity (Wildman–Crippen MR) is 89.9 cm³/mol. The van der Waals surface area contributed by atoms with Gasteiger partial charge in [0.25, 0.3) is 0 Å². The van der Waals surface area contributed by atoms with Crippen LogP contribution in [0.25, 0.3) is 0 Å². The van der Waals surface area contributed by atoms with E-state index in [1.54, 1.807) is 0 Å². The second kappa shape index (κ2) is 4.75. The largest absolute Gasteiger partial charge is 0.117 e. The van der Waals surface area contributed by atoms with Crippen LogP contribution in [0.1, 0.15) is 66.2 Å². The first-order valence-electron chi connectivity index (χ1n) is 8.69. The zero-order chi connectivity index (χ0) is 14.8. The van der Waals surface area contributed by atoms with Gasteiger partial charge in [0.15, 0.2) is 0 Å². The number of benzene rings is 1. The topological polar surface area (TPSA) is 0 Å². The lowest BCUT2D eigenvalue weighted by Gasteiger charge is -2.58. The van der Waals surface area contributed by atoms with Crippen LogP contribution in [0.3, 0.4) is 0 Å². The van der Waals surface area contributed by atoms with Gasteiger partial charge in [-0.15, -0.1) is 11.6 Å². The summed E-state index contributed by atoms with van der Waals surface area (Å²) in [5.74, 6) is 2.93. The molecule has 1 atom stereocenters. The molecule has 1 aromatic carbocycles. The highest BCUT2D eigenvalue weighted by molar-refractivity contribution is 6.21. The molecule has 0 spiro atoms. The van der Waals surface area contributed by atoms with Crippen LogP contribution in [-0.2, 0) is 0 Å². The maximum atomic E-state index is 7.19. The van der Waals surface area contributed by atoms with Gasteiger partial charge in [0.05, 0.1) is 5.38 Å². The molecular weight excluding hydrogens is 276 g/mol. The number of rotatable bonds is 2. The van der Waals surface area contributed by atoms with Crippen molar-refractivity contribution in [1.29, 1.82) is 0 Å². The Bertz CT molecular complexity index is 513. The fourth-order valence-electron chi connectivity index (χ4n) is 6.39. The van der Waals surface area contributed by atoms with Crippen LogP contribution in [0.2, 0.25) is 0 Å². The van der Waals surface area contributed by atoms with Crippen molar-refractivity contribution in [2.45, 2.75) is 64.7 Å². The van der Waals surface area contributed by atoms with Crippen molar-refractivity contribution in [3.05, 3.63) is 34.4 Å². The standard InChI is InChI=1S/C20H27Cl/c1-12-4-13(2)18(14(3)5-12)19(21)20-9-15-6-16(10-20)8-17(7-15)11-20/h4-5,15-17,19H,6-11H2,1-3H3. The van der Waals surface area contributed by atoms with Crippen LogP contribution >= 0.6 is 11.6 Å². The Morgan fingerprint density at radius 3 is 1.76 bits per heavy atom. The molecule has 0 aromatic heterocycles. The van der Waals surface area contributed by atoms with Gasteiger partial charge in [-0.3, -0.25) is 0 Å². The quantitative estimate of drug-likeness (QED) is 0.578. The smallest absolute Gasteiger partial charge is 0.0646 e. The summed E-state index contributed by atoms with van der Waals surface area (Å²) in [5, 5.41) is 0.228. The first-order chi connectivity index (χ1) is 9.97. The number of hydrogen-bond donors (Lipinski definition) is 0. The Balaban J connectivity index is 1.73. The zero-order valence-corrected chi connectivity index (χ0v) is 14.3. The molecule has 0 radical (unpaired) electrons. The number of halogens is 1. The Morgan fingerprint density at radius 1 is 0.905 bits per heavy atom. The minimum atomic E-state index is 0.228. The van der Waals surface area contributed by atoms with Crippen LogP contribution in [0.5, 0.6) is 0 Å². The van der Waals surface area contributed by atoms with Gasteiger partial charge in [0.1, 0.15) is 0 Å². The lowest BCUT2D eigenvalue weighted by molar-refractivity contribution is -0.0553. The highest BCUT2D eigenvalue weighted by atomic mass is 35.5. The van der Waals surface area contributed by atoms with Crippen molar-refractivity contribution in [3.8, 4) is 0 Å². The van der Waals surface area contributed by atoms with E-state index in [1.807, 2.05) is 0 Å². The van der Waals surface area contributed by atoms with Crippen molar-refractivity contribution in [1.82, 2.24) is 0 Å². The van der Waals surface area contributed by atoms with Crippen molar-refractivity contribution >= 4 is 11.6 Å². The highest BCUT2D eigenvalue weighted by Crippen LogP contribution is 2.65. The van der Waals surface area contributed by atoms with Gasteiger partial charge < -0.3 is 0 Å². The van der Waals surface area contributed by atoms with E-state index >= 15 is 0 Å². The molecule has 4 aliphatic carbocycles. The summed E-state index contributed by atoms with van der Waals surface area (Å²) in [4.78, 5) is 0. The van der Waals surface area contributed by atoms with Crippen LogP contribution in [0.4, 0.5) is 0 Å². The molecule has 1 aromatic rings. The second-order valence-electron chi connectivity index (χ2n) is 8.45. The first kappa shape index (κ1) is 14.1. The van der Waals surface area contributed by atoms with Crippen LogP contribution in [0.15, 0.2) is 12.1 Å². The van der Waals surface area contributed by atoms with Crippen LogP contribution in [-0.4, -0.2) is 0 Å². The Labute approximate surface area is 134 Å². The van der Waals surface area contributed by atoms with Gasteiger partial charge in [0, 0.05) is 0 Å². The lowest BCUT2D eigenvalue weighted by atomic mass is 9.48. The van der Waals surface area contributed by atoms with Gasteiger partial charge in [0.2, 0.25) is 0 Å². The van der Waals surface area contributed by atoms with Gasteiger partial charge in [-0.05, 0) is 99.2 Å². The summed E-state index contributed by atoms with van der Waals surface area (Å²) in [6.07, 6.45) is 8.65. The number of aryl methyl sites for hydroxylation is 3. The Morgan fingerprint density at radius 2 is 1.33 bits per heavy atom. The lowest BCUT2D eigenvalue weighted by Crippen LogP contribution is -2.48. The SMILES string of the molecule is Cc1cc(C)c(C(Cl)C23CC4CC(CC(C4)C2)C3)c(C)c1. The summed E-state index contributed by atoms with van der Waals surface area (Å²) in [7, 11) is 0. The molecule has 0 heterocycles. The minimum Gasteiger partial charge on any atom is -0.117 e. The third-order valence-corrected chi connectivity index (χ3v) is 7.30. The first-order valence-corrected chi connectivity index (χ1v) is 9.12. The second-order valence-corrected chi connectivity index (χ2v) is 8.89. The van der Waals surface area contributed by atoms with E-state index in [1.165, 1.54) is 60.8 Å². The summed E-state index contributed by atoms with van der Waals surface area (Å²) >= 11 is 7.19. The van der Waals surface area contributed by atoms with E-state index in [2.05, 4.69) is 32.9 Å². The third-order valence-electron chi connectivity index (χ3n) is 6.61. The van der Waals surface area contributed by atoms with E-state index in [0.717, 1.165) is 17.8 Å². The molecule has 0 N–H and O–H groups in total. The molecule has 114 valence electrons. The fraction of sp³-hybridized carbons (Fsp3) is 0.700. The molecule has 4 bridgehead atoms. The van der Waals surface area contributed by atoms with Crippen molar-refractivity contribution in [2.75, 3.05) is 0 Å². The van der Waals surface area contributed by atoms with Crippen molar-refractivity contribution < 1.29 is 0 Å². The Kier molecular flexibility index (Phi) is 3.20. The maximum absolute atomic E-state index is 7.19. The van der Waals surface area contributed by atoms with Crippen molar-refractivity contribution in [2.24, 2.45) is 23.2 Å². The summed E-state index contributed by atoms with van der Waals surface area (Å²) in [6.45, 7) is 6.70. The van der Waals surface area contributed by atoms with E-state index in [0.29, 0.717) is 5.41 Å². The van der Waals surface area contributed by atoms with Gasteiger partial charge in [-0.1, -0.05) is 17.7 Å². The van der Waals surface area contributed by atoms with Crippen LogP contribution < -0.4 is 0 Å². The minimum absolute atomic E-state index is 0.228. The van der Waals surface area contributed by atoms with E-state index in [4.69, 9.17) is 11.6 Å². The molecule has 4 saturated carbocycles. The number of alkyl halides is 1. The third kappa shape index (κ3) is 2.17. The zero-order valence-electron chi connectivity index (χ0n) is 13.6. The molecule has 4 aliphatic rings. The molecule has 0 aliphatic heterocycles. The molecule has 4 fully saturated rings. The number of hydrogen-bond acceptors (Lipinski definition) is 0.